The quantitative estimate of drug-likeness (QED) is 0.843. The van der Waals surface area contributed by atoms with E-state index in [9.17, 15) is 5.11 Å². The normalized spacial score (nSPS) is 24.1. The number of phenols is 1. The molecule has 3 heteroatoms. The third-order valence-corrected chi connectivity index (χ3v) is 4.59. The van der Waals surface area contributed by atoms with Gasteiger partial charge in [0, 0.05) is 23.4 Å². The Morgan fingerprint density at radius 3 is 2.94 bits per heavy atom. The van der Waals surface area contributed by atoms with E-state index in [1.165, 1.54) is 25.0 Å². The first-order chi connectivity index (χ1) is 8.29. The molecule has 1 saturated carbocycles. The van der Waals surface area contributed by atoms with Crippen molar-refractivity contribution >= 4 is 11.8 Å². The largest absolute Gasteiger partial charge is 0.508 e. The van der Waals surface area contributed by atoms with Crippen LogP contribution in [0, 0.1) is 0 Å². The van der Waals surface area contributed by atoms with Crippen molar-refractivity contribution in [1.82, 2.24) is 5.32 Å². The third-order valence-electron chi connectivity index (χ3n) is 3.36. The Balaban J connectivity index is 1.78. The number of hydrogen-bond acceptors (Lipinski definition) is 3. The summed E-state index contributed by atoms with van der Waals surface area (Å²) in [6, 6.07) is 8.19. The summed E-state index contributed by atoms with van der Waals surface area (Å²) in [6.45, 7) is 3.01. The Bertz CT molecular complexity index is 356. The standard InChI is InChI=1S/C14H21NOS/c1-2-17-13-8-7-12(9-13)15-10-11-5-3-4-6-14(11)16/h3-6,12-13,15-16H,2,7-10H2,1H3. The van der Waals surface area contributed by atoms with Crippen molar-refractivity contribution < 1.29 is 5.11 Å². The lowest BCUT2D eigenvalue weighted by atomic mass is 10.2. The number of benzene rings is 1. The van der Waals surface area contributed by atoms with Crippen LogP contribution in [0.3, 0.4) is 0 Å². The maximum absolute atomic E-state index is 9.68. The molecular weight excluding hydrogens is 230 g/mol. The average molecular weight is 251 g/mol. The zero-order valence-electron chi connectivity index (χ0n) is 10.4. The molecule has 2 unspecified atom stereocenters. The highest BCUT2D eigenvalue weighted by Gasteiger charge is 2.23. The van der Waals surface area contributed by atoms with Gasteiger partial charge in [-0.25, -0.2) is 0 Å². The smallest absolute Gasteiger partial charge is 0.120 e. The van der Waals surface area contributed by atoms with Crippen LogP contribution in [0.1, 0.15) is 31.7 Å². The molecule has 2 atom stereocenters. The Kier molecular flexibility index (Phi) is 4.75. The van der Waals surface area contributed by atoms with E-state index in [1.807, 2.05) is 18.2 Å². The first kappa shape index (κ1) is 12.8. The van der Waals surface area contributed by atoms with Gasteiger partial charge in [-0.1, -0.05) is 25.1 Å². The van der Waals surface area contributed by atoms with Gasteiger partial charge in [0.2, 0.25) is 0 Å². The van der Waals surface area contributed by atoms with Crippen LogP contribution in [0.4, 0.5) is 0 Å². The van der Waals surface area contributed by atoms with Crippen LogP contribution in [-0.2, 0) is 6.54 Å². The Hall–Kier alpha value is -0.670. The predicted molar refractivity (Wildman–Crippen MR) is 74.5 cm³/mol. The summed E-state index contributed by atoms with van der Waals surface area (Å²) in [5.41, 5.74) is 0.999. The molecule has 1 aromatic rings. The summed E-state index contributed by atoms with van der Waals surface area (Å²) >= 11 is 2.08. The number of phenolic OH excluding ortho intramolecular Hbond substituents is 1. The van der Waals surface area contributed by atoms with Gasteiger partial charge in [0.05, 0.1) is 0 Å². The molecule has 0 saturated heterocycles. The van der Waals surface area contributed by atoms with Crippen molar-refractivity contribution in [2.24, 2.45) is 0 Å². The molecule has 0 radical (unpaired) electrons. The molecular formula is C14H21NOS. The van der Waals surface area contributed by atoms with Crippen molar-refractivity contribution in [2.75, 3.05) is 5.75 Å². The highest BCUT2D eigenvalue weighted by molar-refractivity contribution is 7.99. The van der Waals surface area contributed by atoms with Crippen molar-refractivity contribution in [2.45, 2.75) is 44.0 Å². The van der Waals surface area contributed by atoms with Gasteiger partial charge < -0.3 is 10.4 Å². The fraction of sp³-hybridized carbons (Fsp3) is 0.571. The Labute approximate surface area is 108 Å². The number of nitrogens with one attached hydrogen (secondary N) is 1. The minimum absolute atomic E-state index is 0.400. The first-order valence-electron chi connectivity index (χ1n) is 6.41. The van der Waals surface area contributed by atoms with E-state index in [1.54, 1.807) is 6.07 Å². The number of rotatable bonds is 5. The van der Waals surface area contributed by atoms with Crippen LogP contribution in [0.25, 0.3) is 0 Å². The van der Waals surface area contributed by atoms with E-state index in [2.05, 4.69) is 24.0 Å². The van der Waals surface area contributed by atoms with Gasteiger partial charge in [-0.2, -0.15) is 11.8 Å². The second kappa shape index (κ2) is 6.31. The van der Waals surface area contributed by atoms with Gasteiger partial charge in [-0.05, 0) is 31.1 Å². The van der Waals surface area contributed by atoms with E-state index in [0.29, 0.717) is 11.8 Å². The number of aromatic hydroxyl groups is 1. The van der Waals surface area contributed by atoms with Gasteiger partial charge in [0.25, 0.3) is 0 Å². The van der Waals surface area contributed by atoms with Crippen LogP contribution >= 0.6 is 11.8 Å². The van der Waals surface area contributed by atoms with E-state index >= 15 is 0 Å². The molecule has 1 fully saturated rings. The van der Waals surface area contributed by atoms with Crippen LogP contribution < -0.4 is 5.32 Å². The molecule has 1 aromatic carbocycles. The fourth-order valence-corrected chi connectivity index (χ4v) is 3.57. The molecule has 94 valence electrons. The van der Waals surface area contributed by atoms with Gasteiger partial charge in [0.1, 0.15) is 5.75 Å². The topological polar surface area (TPSA) is 32.3 Å². The zero-order valence-corrected chi connectivity index (χ0v) is 11.2. The van der Waals surface area contributed by atoms with Crippen molar-refractivity contribution in [3.05, 3.63) is 29.8 Å². The lowest BCUT2D eigenvalue weighted by molar-refractivity contribution is 0.456. The minimum Gasteiger partial charge on any atom is -0.508 e. The molecule has 2 rings (SSSR count). The maximum Gasteiger partial charge on any atom is 0.120 e. The van der Waals surface area contributed by atoms with Crippen LogP contribution in [-0.4, -0.2) is 22.2 Å². The molecule has 2 N–H and O–H groups in total. The summed E-state index contributed by atoms with van der Waals surface area (Å²) in [5, 5.41) is 14.1. The molecule has 1 aliphatic rings. The predicted octanol–water partition coefficient (Wildman–Crippen LogP) is 3.16. The van der Waals surface area contributed by atoms with E-state index < -0.39 is 0 Å². The summed E-state index contributed by atoms with van der Waals surface area (Å²) in [4.78, 5) is 0. The van der Waals surface area contributed by atoms with Gasteiger partial charge in [0.15, 0.2) is 0 Å². The molecule has 0 aromatic heterocycles. The number of hydrogen-bond donors (Lipinski definition) is 2. The molecule has 17 heavy (non-hydrogen) atoms. The number of para-hydroxylation sites is 1. The van der Waals surface area contributed by atoms with Crippen molar-refractivity contribution in [3.63, 3.8) is 0 Å². The van der Waals surface area contributed by atoms with E-state index in [-0.39, 0.29) is 0 Å². The van der Waals surface area contributed by atoms with Gasteiger partial charge >= 0.3 is 0 Å². The molecule has 0 bridgehead atoms. The van der Waals surface area contributed by atoms with Crippen LogP contribution in [0.15, 0.2) is 24.3 Å². The van der Waals surface area contributed by atoms with Crippen LogP contribution in [0.2, 0.25) is 0 Å². The average Bonchev–Trinajstić information content (AvgIpc) is 2.76. The monoisotopic (exact) mass is 251 g/mol. The zero-order chi connectivity index (χ0) is 12.1. The van der Waals surface area contributed by atoms with E-state index in [0.717, 1.165) is 17.4 Å². The van der Waals surface area contributed by atoms with Gasteiger partial charge in [-0.15, -0.1) is 0 Å². The first-order valence-corrected chi connectivity index (χ1v) is 7.46. The molecule has 0 aliphatic heterocycles. The summed E-state index contributed by atoms with van der Waals surface area (Å²) in [6.07, 6.45) is 3.87. The molecule has 2 nitrogen and oxygen atoms in total. The maximum atomic E-state index is 9.68. The van der Waals surface area contributed by atoms with Crippen LogP contribution in [0.5, 0.6) is 5.75 Å². The summed E-state index contributed by atoms with van der Waals surface area (Å²) < 4.78 is 0. The molecule has 0 amide bonds. The summed E-state index contributed by atoms with van der Waals surface area (Å²) in [7, 11) is 0. The van der Waals surface area contributed by atoms with E-state index in [4.69, 9.17) is 0 Å². The molecule has 0 spiro atoms. The SMILES string of the molecule is CCSC1CCC(NCc2ccccc2O)C1. The third kappa shape index (κ3) is 3.65. The highest BCUT2D eigenvalue weighted by atomic mass is 32.2. The highest BCUT2D eigenvalue weighted by Crippen LogP contribution is 2.30. The second-order valence-electron chi connectivity index (χ2n) is 4.60. The Morgan fingerprint density at radius 1 is 1.35 bits per heavy atom. The van der Waals surface area contributed by atoms with Gasteiger partial charge in [-0.3, -0.25) is 0 Å². The van der Waals surface area contributed by atoms with Crippen molar-refractivity contribution in [3.8, 4) is 5.75 Å². The lowest BCUT2D eigenvalue weighted by Crippen LogP contribution is -2.26. The lowest BCUT2D eigenvalue weighted by Gasteiger charge is -2.13. The second-order valence-corrected chi connectivity index (χ2v) is 6.17. The summed E-state index contributed by atoms with van der Waals surface area (Å²) in [5.74, 6) is 1.62. The number of thioether (sulfide) groups is 1. The molecule has 1 aliphatic carbocycles. The fourth-order valence-electron chi connectivity index (χ4n) is 2.43. The molecule has 0 heterocycles. The Morgan fingerprint density at radius 2 is 2.18 bits per heavy atom. The minimum atomic E-state index is 0.400. The van der Waals surface area contributed by atoms with Crippen molar-refractivity contribution in [1.29, 1.82) is 0 Å².